The second-order valence-electron chi connectivity index (χ2n) is 7.85. The summed E-state index contributed by atoms with van der Waals surface area (Å²) in [6.07, 6.45) is 1.23. The predicted molar refractivity (Wildman–Crippen MR) is 121 cm³/mol. The molecule has 4 aromatic rings. The lowest BCUT2D eigenvalue weighted by molar-refractivity contribution is -0.122. The van der Waals surface area contributed by atoms with Crippen molar-refractivity contribution in [2.75, 3.05) is 0 Å². The van der Waals surface area contributed by atoms with Gasteiger partial charge in [-0.3, -0.25) is 9.59 Å². The maximum Gasteiger partial charge on any atom is 0.259 e. The molecule has 1 aliphatic rings. The van der Waals surface area contributed by atoms with Gasteiger partial charge in [0.2, 0.25) is 0 Å². The molecule has 1 amide bonds. The minimum Gasteiger partial charge on any atom is -0.509 e. The number of aryl methyl sites for hydroxylation is 1. The largest absolute Gasteiger partial charge is 0.509 e. The van der Waals surface area contributed by atoms with Gasteiger partial charge in [0.25, 0.3) is 5.91 Å². The van der Waals surface area contributed by atoms with Crippen molar-refractivity contribution in [1.82, 2.24) is 9.88 Å². The molecule has 2 heterocycles. The number of para-hydroxylation sites is 2. The molecule has 0 bridgehead atoms. The second kappa shape index (κ2) is 7.76. The second-order valence-corrected chi connectivity index (χ2v) is 7.85. The van der Waals surface area contributed by atoms with E-state index < -0.39 is 11.9 Å². The number of aliphatic hydroxyl groups is 1. The number of carbonyl (C=O) groups is 2. The van der Waals surface area contributed by atoms with Crippen LogP contribution in [-0.4, -0.2) is 27.4 Å². The van der Waals surface area contributed by atoms with E-state index in [9.17, 15) is 14.7 Å². The van der Waals surface area contributed by atoms with Gasteiger partial charge in [0.05, 0.1) is 12.6 Å². The molecular weight excluding hydrogens is 388 g/mol. The van der Waals surface area contributed by atoms with Crippen LogP contribution in [0.25, 0.3) is 21.8 Å². The van der Waals surface area contributed by atoms with Gasteiger partial charge in [-0.05, 0) is 30.5 Å². The average molecular weight is 410 g/mol. The number of hydrogen-bond acceptors (Lipinski definition) is 3. The molecule has 31 heavy (non-hydrogen) atoms. The number of fused-ring (bicyclic) bond motifs is 3. The first-order valence-electron chi connectivity index (χ1n) is 10.4. The zero-order chi connectivity index (χ0) is 21.4. The number of aromatic nitrogens is 1. The Bertz CT molecular complexity index is 1280. The summed E-state index contributed by atoms with van der Waals surface area (Å²) in [5, 5.41) is 15.6. The first kappa shape index (κ1) is 19.1. The Morgan fingerprint density at radius 1 is 0.871 bits per heavy atom. The minimum absolute atomic E-state index is 0.00769. The van der Waals surface area contributed by atoms with Crippen LogP contribution in [-0.2, 0) is 22.6 Å². The number of amides is 1. The molecule has 1 atom stereocenters. The van der Waals surface area contributed by atoms with Crippen molar-refractivity contribution in [3.63, 3.8) is 0 Å². The van der Waals surface area contributed by atoms with Gasteiger partial charge in [-0.15, -0.1) is 0 Å². The third-order valence-electron chi connectivity index (χ3n) is 5.94. The SMILES string of the molecule is O=C(Cn1c2ccccc2c2ccccc21)C1=C(O)C(CCc2ccccc2)NC1=O. The van der Waals surface area contributed by atoms with Crippen LogP contribution < -0.4 is 5.32 Å². The summed E-state index contributed by atoms with van der Waals surface area (Å²) in [7, 11) is 0. The van der Waals surface area contributed by atoms with E-state index in [1.54, 1.807) is 0 Å². The van der Waals surface area contributed by atoms with Gasteiger partial charge in [-0.25, -0.2) is 0 Å². The lowest BCUT2D eigenvalue weighted by Crippen LogP contribution is -2.30. The van der Waals surface area contributed by atoms with Crippen LogP contribution in [0.15, 0.2) is 90.2 Å². The molecule has 5 rings (SSSR count). The van der Waals surface area contributed by atoms with Crippen molar-refractivity contribution in [2.45, 2.75) is 25.4 Å². The van der Waals surface area contributed by atoms with Crippen LogP contribution in [0.4, 0.5) is 0 Å². The number of nitrogens with one attached hydrogen (secondary N) is 1. The van der Waals surface area contributed by atoms with Crippen LogP contribution in [0.5, 0.6) is 0 Å². The fraction of sp³-hybridized carbons (Fsp3) is 0.154. The highest BCUT2D eigenvalue weighted by atomic mass is 16.3. The summed E-state index contributed by atoms with van der Waals surface area (Å²) in [6.45, 7) is -0.00769. The van der Waals surface area contributed by atoms with E-state index in [1.807, 2.05) is 83.4 Å². The predicted octanol–water partition coefficient (Wildman–Crippen LogP) is 4.31. The van der Waals surface area contributed by atoms with Gasteiger partial charge < -0.3 is 15.0 Å². The molecule has 0 saturated heterocycles. The molecule has 154 valence electrons. The van der Waals surface area contributed by atoms with Gasteiger partial charge in [-0.2, -0.15) is 0 Å². The zero-order valence-corrected chi connectivity index (χ0v) is 16.9. The summed E-state index contributed by atoms with van der Waals surface area (Å²) in [6, 6.07) is 25.1. The van der Waals surface area contributed by atoms with Gasteiger partial charge in [0.1, 0.15) is 11.3 Å². The Morgan fingerprint density at radius 3 is 2.10 bits per heavy atom. The van der Waals surface area contributed by atoms with E-state index in [1.165, 1.54) is 0 Å². The summed E-state index contributed by atoms with van der Waals surface area (Å²) in [5.41, 5.74) is 2.85. The lowest BCUT2D eigenvalue weighted by atomic mass is 10.0. The van der Waals surface area contributed by atoms with Crippen LogP contribution in [0, 0.1) is 0 Å². The first-order valence-corrected chi connectivity index (χ1v) is 10.4. The summed E-state index contributed by atoms with van der Waals surface area (Å²) in [5.74, 6) is -1.03. The molecule has 2 N–H and O–H groups in total. The quantitative estimate of drug-likeness (QED) is 0.466. The van der Waals surface area contributed by atoms with Crippen LogP contribution in [0.3, 0.4) is 0 Å². The van der Waals surface area contributed by atoms with Crippen molar-refractivity contribution in [1.29, 1.82) is 0 Å². The maximum absolute atomic E-state index is 13.1. The first-order chi connectivity index (χ1) is 15.1. The lowest BCUT2D eigenvalue weighted by Gasteiger charge is -2.10. The summed E-state index contributed by atoms with van der Waals surface area (Å²) < 4.78 is 1.91. The third-order valence-corrected chi connectivity index (χ3v) is 5.94. The average Bonchev–Trinajstić information content (AvgIpc) is 3.27. The summed E-state index contributed by atoms with van der Waals surface area (Å²) >= 11 is 0. The number of benzene rings is 3. The van der Waals surface area contributed by atoms with E-state index in [-0.39, 0.29) is 23.7 Å². The van der Waals surface area contributed by atoms with E-state index in [2.05, 4.69) is 5.32 Å². The molecule has 0 spiro atoms. The molecular formula is C26H22N2O3. The normalized spacial score (nSPS) is 16.3. The smallest absolute Gasteiger partial charge is 0.259 e. The van der Waals surface area contributed by atoms with Crippen molar-refractivity contribution >= 4 is 33.5 Å². The van der Waals surface area contributed by atoms with Gasteiger partial charge in [0.15, 0.2) is 5.78 Å². The Morgan fingerprint density at radius 2 is 1.45 bits per heavy atom. The fourth-order valence-corrected chi connectivity index (χ4v) is 4.42. The maximum atomic E-state index is 13.1. The molecule has 5 nitrogen and oxygen atoms in total. The summed E-state index contributed by atoms with van der Waals surface area (Å²) in [4.78, 5) is 25.7. The van der Waals surface area contributed by atoms with E-state index in [0.717, 1.165) is 27.4 Å². The number of rotatable bonds is 6. The number of ketones is 1. The van der Waals surface area contributed by atoms with Crippen LogP contribution in [0.1, 0.15) is 12.0 Å². The topological polar surface area (TPSA) is 71.3 Å². The standard InChI is InChI=1S/C26H22N2O3/c29-23(16-28-21-12-6-4-10-18(21)19-11-5-7-13-22(19)28)24-25(30)20(27-26(24)31)15-14-17-8-2-1-3-9-17/h1-13,20,30H,14-16H2,(H,27,31). The molecule has 1 aromatic heterocycles. The number of nitrogens with zero attached hydrogens (tertiary/aromatic N) is 1. The molecule has 0 saturated carbocycles. The van der Waals surface area contributed by atoms with Crippen LogP contribution >= 0.6 is 0 Å². The van der Waals surface area contributed by atoms with Gasteiger partial charge in [-0.1, -0.05) is 66.7 Å². The molecule has 5 heteroatoms. The van der Waals surface area contributed by atoms with Crippen molar-refractivity contribution in [3.05, 3.63) is 95.8 Å². The van der Waals surface area contributed by atoms with Crippen molar-refractivity contribution < 1.29 is 14.7 Å². The molecule has 1 aliphatic heterocycles. The number of carbonyl (C=O) groups excluding carboxylic acids is 2. The molecule has 3 aromatic carbocycles. The highest BCUT2D eigenvalue weighted by molar-refractivity contribution is 6.22. The number of hydrogen-bond donors (Lipinski definition) is 2. The fourth-order valence-electron chi connectivity index (χ4n) is 4.42. The molecule has 0 radical (unpaired) electrons. The number of aliphatic hydroxyl groups excluding tert-OH is 1. The van der Waals surface area contributed by atoms with Crippen LogP contribution in [0.2, 0.25) is 0 Å². The van der Waals surface area contributed by atoms with Crippen molar-refractivity contribution in [2.24, 2.45) is 0 Å². The van der Waals surface area contributed by atoms with Gasteiger partial charge >= 0.3 is 0 Å². The Kier molecular flexibility index (Phi) is 4.79. The third kappa shape index (κ3) is 3.38. The Hall–Kier alpha value is -3.86. The van der Waals surface area contributed by atoms with Crippen molar-refractivity contribution in [3.8, 4) is 0 Å². The Balaban J connectivity index is 1.43. The van der Waals surface area contributed by atoms with E-state index in [0.29, 0.717) is 12.8 Å². The monoisotopic (exact) mass is 410 g/mol. The number of Topliss-reactive ketones (excluding diaryl/α,β-unsaturated/α-hetero) is 1. The zero-order valence-electron chi connectivity index (χ0n) is 16.9. The highest BCUT2D eigenvalue weighted by Crippen LogP contribution is 2.29. The molecule has 0 fully saturated rings. The highest BCUT2D eigenvalue weighted by Gasteiger charge is 2.35. The minimum atomic E-state index is -0.537. The Labute approximate surface area is 179 Å². The van der Waals surface area contributed by atoms with E-state index in [4.69, 9.17) is 0 Å². The van der Waals surface area contributed by atoms with E-state index >= 15 is 0 Å². The molecule has 1 unspecified atom stereocenters. The van der Waals surface area contributed by atoms with Gasteiger partial charge in [0, 0.05) is 21.8 Å². The molecule has 0 aliphatic carbocycles.